The van der Waals surface area contributed by atoms with E-state index in [1.165, 1.54) is 5.56 Å². The van der Waals surface area contributed by atoms with Crippen molar-refractivity contribution in [3.63, 3.8) is 0 Å². The molecule has 0 bridgehead atoms. The summed E-state index contributed by atoms with van der Waals surface area (Å²) in [6.45, 7) is 2.45. The van der Waals surface area contributed by atoms with Crippen LogP contribution in [-0.4, -0.2) is 38.1 Å². The molecular formula is C26H29ClN2O2. The molecule has 0 atom stereocenters. The van der Waals surface area contributed by atoms with E-state index in [9.17, 15) is 4.79 Å². The fourth-order valence-corrected chi connectivity index (χ4v) is 3.44. The molecule has 0 aliphatic carbocycles. The normalized spacial score (nSPS) is 11.0. The number of amides is 1. The average Bonchev–Trinajstić information content (AvgIpc) is 2.78. The van der Waals surface area contributed by atoms with Gasteiger partial charge in [0.05, 0.1) is 6.61 Å². The van der Waals surface area contributed by atoms with Gasteiger partial charge in [0.1, 0.15) is 0 Å². The summed E-state index contributed by atoms with van der Waals surface area (Å²) in [7, 11) is 3.78. The van der Waals surface area contributed by atoms with E-state index in [2.05, 4.69) is 53.7 Å². The number of carbonyl (C=O) groups is 1. The summed E-state index contributed by atoms with van der Waals surface area (Å²) in [5, 5.41) is 3.72. The highest BCUT2D eigenvalue weighted by Crippen LogP contribution is 2.22. The molecule has 0 spiro atoms. The van der Waals surface area contributed by atoms with Crippen LogP contribution in [0.4, 0.5) is 5.69 Å². The van der Waals surface area contributed by atoms with Crippen LogP contribution in [0.2, 0.25) is 5.02 Å². The molecule has 4 nitrogen and oxygen atoms in total. The van der Waals surface area contributed by atoms with E-state index in [1.54, 1.807) is 7.11 Å². The maximum atomic E-state index is 12.3. The Bertz CT molecular complexity index is 954. The summed E-state index contributed by atoms with van der Waals surface area (Å²) < 4.78 is 5.10. The molecule has 0 saturated heterocycles. The van der Waals surface area contributed by atoms with Gasteiger partial charge in [-0.25, -0.2) is 0 Å². The van der Waals surface area contributed by atoms with E-state index in [0.29, 0.717) is 19.4 Å². The zero-order chi connectivity index (χ0) is 22.1. The van der Waals surface area contributed by atoms with E-state index in [1.807, 2.05) is 36.4 Å². The summed E-state index contributed by atoms with van der Waals surface area (Å²) in [5.74, 6) is 0.0201. The fourth-order valence-electron chi connectivity index (χ4n) is 3.32. The number of rotatable bonds is 10. The Balaban J connectivity index is 1.46. The molecule has 0 aromatic heterocycles. The minimum Gasteiger partial charge on any atom is -0.383 e. The van der Waals surface area contributed by atoms with Gasteiger partial charge >= 0.3 is 0 Å². The highest BCUT2D eigenvalue weighted by Gasteiger charge is 2.05. The lowest BCUT2D eigenvalue weighted by molar-refractivity contribution is -0.116. The van der Waals surface area contributed by atoms with Crippen LogP contribution >= 0.6 is 11.6 Å². The van der Waals surface area contributed by atoms with Gasteiger partial charge in [0, 0.05) is 37.3 Å². The number of methoxy groups -OCH3 is 1. The zero-order valence-electron chi connectivity index (χ0n) is 18.1. The molecule has 31 heavy (non-hydrogen) atoms. The second-order valence-electron chi connectivity index (χ2n) is 7.68. The molecule has 3 aromatic carbocycles. The number of nitrogens with one attached hydrogen (secondary N) is 1. The average molecular weight is 437 g/mol. The van der Waals surface area contributed by atoms with Crippen molar-refractivity contribution in [2.45, 2.75) is 19.4 Å². The molecule has 3 aromatic rings. The van der Waals surface area contributed by atoms with Crippen LogP contribution in [0.25, 0.3) is 11.1 Å². The molecule has 3 rings (SSSR count). The van der Waals surface area contributed by atoms with E-state index < -0.39 is 0 Å². The molecule has 1 N–H and O–H groups in total. The minimum atomic E-state index is 0.0201. The standard InChI is InChI=1S/C26H29ClN2O2/c1-29(17-18-31-2)19-21-5-14-25(15-6-21)28-26(30)16-7-20-3-8-22(9-4-20)23-10-12-24(27)13-11-23/h3-6,8-15H,7,16-19H2,1-2H3,(H,28,30). The van der Waals surface area contributed by atoms with Gasteiger partial charge in [-0.1, -0.05) is 60.1 Å². The summed E-state index contributed by atoms with van der Waals surface area (Å²) in [6, 6.07) is 24.1. The molecule has 0 aliphatic rings. The summed E-state index contributed by atoms with van der Waals surface area (Å²) in [5.41, 5.74) is 5.44. The van der Waals surface area contributed by atoms with Gasteiger partial charge in [-0.3, -0.25) is 9.69 Å². The monoisotopic (exact) mass is 436 g/mol. The van der Waals surface area contributed by atoms with Crippen LogP contribution in [0, 0.1) is 0 Å². The Labute approximate surface area is 189 Å². The van der Waals surface area contributed by atoms with Gasteiger partial charge in [0.15, 0.2) is 0 Å². The summed E-state index contributed by atoms with van der Waals surface area (Å²) in [4.78, 5) is 14.5. The van der Waals surface area contributed by atoms with Crippen molar-refractivity contribution in [2.24, 2.45) is 0 Å². The third-order valence-electron chi connectivity index (χ3n) is 5.14. The fraction of sp³-hybridized carbons (Fsp3) is 0.269. The van der Waals surface area contributed by atoms with Crippen molar-refractivity contribution in [2.75, 3.05) is 32.6 Å². The molecule has 0 aliphatic heterocycles. The predicted molar refractivity (Wildman–Crippen MR) is 128 cm³/mol. The predicted octanol–water partition coefficient (Wildman–Crippen LogP) is 5.66. The molecule has 0 radical (unpaired) electrons. The van der Waals surface area contributed by atoms with Crippen molar-refractivity contribution in [1.82, 2.24) is 4.90 Å². The van der Waals surface area contributed by atoms with Gasteiger partial charge in [0.25, 0.3) is 0 Å². The van der Waals surface area contributed by atoms with Crippen molar-refractivity contribution in [3.8, 4) is 11.1 Å². The highest BCUT2D eigenvalue weighted by atomic mass is 35.5. The van der Waals surface area contributed by atoms with E-state index >= 15 is 0 Å². The molecule has 5 heteroatoms. The minimum absolute atomic E-state index is 0.0201. The van der Waals surface area contributed by atoms with Crippen molar-refractivity contribution >= 4 is 23.2 Å². The largest absolute Gasteiger partial charge is 0.383 e. The Morgan fingerprint density at radius 3 is 2.10 bits per heavy atom. The molecule has 1 amide bonds. The van der Waals surface area contributed by atoms with Crippen molar-refractivity contribution in [3.05, 3.63) is 88.9 Å². The Kier molecular flexibility index (Phi) is 8.65. The zero-order valence-corrected chi connectivity index (χ0v) is 18.9. The first-order valence-electron chi connectivity index (χ1n) is 10.4. The van der Waals surface area contributed by atoms with Gasteiger partial charge in [-0.15, -0.1) is 0 Å². The first kappa shape index (κ1) is 23.0. The lowest BCUT2D eigenvalue weighted by Gasteiger charge is -2.16. The first-order valence-corrected chi connectivity index (χ1v) is 10.8. The third-order valence-corrected chi connectivity index (χ3v) is 5.39. The van der Waals surface area contributed by atoms with Gasteiger partial charge in [0.2, 0.25) is 5.91 Å². The molecule has 0 fully saturated rings. The number of halogens is 1. The van der Waals surface area contributed by atoms with E-state index in [4.69, 9.17) is 16.3 Å². The number of likely N-dealkylation sites (N-methyl/N-ethyl adjacent to an activating group) is 1. The lowest BCUT2D eigenvalue weighted by Crippen LogP contribution is -2.22. The van der Waals surface area contributed by atoms with Crippen molar-refractivity contribution in [1.29, 1.82) is 0 Å². The Morgan fingerprint density at radius 2 is 1.48 bits per heavy atom. The SMILES string of the molecule is COCCN(C)Cc1ccc(NC(=O)CCc2ccc(-c3ccc(Cl)cc3)cc2)cc1. The number of benzene rings is 3. The van der Waals surface area contributed by atoms with E-state index in [0.717, 1.165) is 40.5 Å². The summed E-state index contributed by atoms with van der Waals surface area (Å²) >= 11 is 5.95. The number of hydrogen-bond donors (Lipinski definition) is 1. The smallest absolute Gasteiger partial charge is 0.224 e. The van der Waals surface area contributed by atoms with Crippen molar-refractivity contribution < 1.29 is 9.53 Å². The lowest BCUT2D eigenvalue weighted by atomic mass is 10.0. The number of anilines is 1. The number of aryl methyl sites for hydroxylation is 1. The van der Waals surface area contributed by atoms with E-state index in [-0.39, 0.29) is 5.91 Å². The second-order valence-corrected chi connectivity index (χ2v) is 8.12. The molecular weight excluding hydrogens is 408 g/mol. The molecule has 0 heterocycles. The molecule has 162 valence electrons. The number of ether oxygens (including phenoxy) is 1. The number of hydrogen-bond acceptors (Lipinski definition) is 3. The second kappa shape index (κ2) is 11.7. The van der Waals surface area contributed by atoms with Crippen LogP contribution in [0.3, 0.4) is 0 Å². The topological polar surface area (TPSA) is 41.6 Å². The highest BCUT2D eigenvalue weighted by molar-refractivity contribution is 6.30. The van der Waals surface area contributed by atoms with Crippen LogP contribution < -0.4 is 5.32 Å². The van der Waals surface area contributed by atoms with Crippen LogP contribution in [0.1, 0.15) is 17.5 Å². The Morgan fingerprint density at radius 1 is 0.903 bits per heavy atom. The van der Waals surface area contributed by atoms with Gasteiger partial charge < -0.3 is 10.1 Å². The molecule has 0 saturated carbocycles. The first-order chi connectivity index (χ1) is 15.0. The summed E-state index contributed by atoms with van der Waals surface area (Å²) in [6.07, 6.45) is 1.15. The van der Waals surface area contributed by atoms with Gasteiger partial charge in [-0.05, 0) is 60.0 Å². The van der Waals surface area contributed by atoms with Crippen LogP contribution in [0.15, 0.2) is 72.8 Å². The number of nitrogens with zero attached hydrogens (tertiary/aromatic N) is 1. The van der Waals surface area contributed by atoms with Crippen LogP contribution in [0.5, 0.6) is 0 Å². The maximum absolute atomic E-state index is 12.3. The Hall–Kier alpha value is -2.66. The maximum Gasteiger partial charge on any atom is 0.224 e. The quantitative estimate of drug-likeness (QED) is 0.446. The molecule has 0 unspecified atom stereocenters. The van der Waals surface area contributed by atoms with Crippen LogP contribution in [-0.2, 0) is 22.5 Å². The van der Waals surface area contributed by atoms with Gasteiger partial charge in [-0.2, -0.15) is 0 Å². The third kappa shape index (κ3) is 7.51. The number of carbonyl (C=O) groups excluding carboxylic acids is 1.